The molecule has 1 aliphatic rings. The lowest BCUT2D eigenvalue weighted by Gasteiger charge is -2.21. The minimum absolute atomic E-state index is 0. The predicted octanol–water partition coefficient (Wildman–Crippen LogP) is 4.11. The molecule has 0 radical (unpaired) electrons. The van der Waals surface area contributed by atoms with Crippen molar-refractivity contribution in [1.29, 1.82) is 0 Å². The van der Waals surface area contributed by atoms with Gasteiger partial charge in [0.2, 0.25) is 5.91 Å². The number of amides is 1. The summed E-state index contributed by atoms with van der Waals surface area (Å²) in [6, 6.07) is 10.7. The SMILES string of the molecule is Cl.NCCCCCCC(=O)N1CCCC(c2ccccc2)CC1. The fraction of sp³-hybridized carbons (Fsp3) is 0.632. The van der Waals surface area contributed by atoms with Crippen LogP contribution in [0.15, 0.2) is 30.3 Å². The van der Waals surface area contributed by atoms with Gasteiger partial charge in [0.15, 0.2) is 0 Å². The van der Waals surface area contributed by atoms with E-state index in [1.165, 1.54) is 12.0 Å². The minimum atomic E-state index is 0. The Morgan fingerprint density at radius 2 is 1.78 bits per heavy atom. The normalized spacial score (nSPS) is 18.1. The van der Waals surface area contributed by atoms with Crippen LogP contribution >= 0.6 is 12.4 Å². The van der Waals surface area contributed by atoms with Crippen molar-refractivity contribution in [3.05, 3.63) is 35.9 Å². The first-order valence-corrected chi connectivity index (χ1v) is 8.84. The second kappa shape index (κ2) is 11.5. The number of carbonyl (C=O) groups is 1. The smallest absolute Gasteiger partial charge is 0.222 e. The molecule has 1 heterocycles. The van der Waals surface area contributed by atoms with Gasteiger partial charge < -0.3 is 10.6 Å². The molecular weight excluding hydrogens is 308 g/mol. The first kappa shape index (κ1) is 20.0. The van der Waals surface area contributed by atoms with Gasteiger partial charge in [-0.15, -0.1) is 12.4 Å². The first-order valence-electron chi connectivity index (χ1n) is 8.84. The lowest BCUT2D eigenvalue weighted by atomic mass is 9.92. The molecule has 2 rings (SSSR count). The van der Waals surface area contributed by atoms with Gasteiger partial charge in [-0.25, -0.2) is 0 Å². The van der Waals surface area contributed by atoms with Crippen molar-refractivity contribution in [1.82, 2.24) is 4.90 Å². The second-order valence-corrected chi connectivity index (χ2v) is 6.37. The van der Waals surface area contributed by atoms with Crippen molar-refractivity contribution in [3.63, 3.8) is 0 Å². The summed E-state index contributed by atoms with van der Waals surface area (Å²) in [7, 11) is 0. The van der Waals surface area contributed by atoms with Crippen LogP contribution in [0.3, 0.4) is 0 Å². The van der Waals surface area contributed by atoms with Crippen LogP contribution in [0.5, 0.6) is 0 Å². The highest BCUT2D eigenvalue weighted by Gasteiger charge is 2.21. The summed E-state index contributed by atoms with van der Waals surface area (Å²) in [5.41, 5.74) is 6.92. The van der Waals surface area contributed by atoms with Gasteiger partial charge in [-0.2, -0.15) is 0 Å². The molecule has 1 aliphatic heterocycles. The molecule has 0 spiro atoms. The third kappa shape index (κ3) is 6.92. The van der Waals surface area contributed by atoms with Crippen molar-refractivity contribution in [2.45, 2.75) is 57.3 Å². The molecule has 3 nitrogen and oxygen atoms in total. The number of hydrogen-bond donors (Lipinski definition) is 1. The molecule has 1 amide bonds. The summed E-state index contributed by atoms with van der Waals surface area (Å²) in [4.78, 5) is 14.4. The molecule has 4 heteroatoms. The van der Waals surface area contributed by atoms with Crippen molar-refractivity contribution in [2.24, 2.45) is 5.73 Å². The zero-order valence-electron chi connectivity index (χ0n) is 14.1. The number of benzene rings is 1. The van der Waals surface area contributed by atoms with Crippen LogP contribution in [-0.4, -0.2) is 30.4 Å². The van der Waals surface area contributed by atoms with E-state index in [2.05, 4.69) is 35.2 Å². The number of carbonyl (C=O) groups excluding carboxylic acids is 1. The molecule has 1 aromatic rings. The largest absolute Gasteiger partial charge is 0.343 e. The highest BCUT2D eigenvalue weighted by molar-refractivity contribution is 5.85. The topological polar surface area (TPSA) is 46.3 Å². The monoisotopic (exact) mass is 338 g/mol. The van der Waals surface area contributed by atoms with Crippen molar-refractivity contribution < 1.29 is 4.79 Å². The van der Waals surface area contributed by atoms with Gasteiger partial charge in [0.25, 0.3) is 0 Å². The average molecular weight is 339 g/mol. The number of nitrogens with two attached hydrogens (primary N) is 1. The maximum atomic E-state index is 12.3. The van der Waals surface area contributed by atoms with Gasteiger partial charge >= 0.3 is 0 Å². The average Bonchev–Trinajstić information content (AvgIpc) is 2.81. The van der Waals surface area contributed by atoms with E-state index >= 15 is 0 Å². The van der Waals surface area contributed by atoms with E-state index < -0.39 is 0 Å². The quantitative estimate of drug-likeness (QED) is 0.760. The van der Waals surface area contributed by atoms with Gasteiger partial charge in [0.1, 0.15) is 0 Å². The van der Waals surface area contributed by atoms with Crippen molar-refractivity contribution in [3.8, 4) is 0 Å². The molecule has 1 aromatic carbocycles. The lowest BCUT2D eigenvalue weighted by Crippen LogP contribution is -2.31. The Kier molecular flexibility index (Phi) is 9.97. The van der Waals surface area contributed by atoms with Crippen LogP contribution in [0, 0.1) is 0 Å². The Morgan fingerprint density at radius 3 is 2.52 bits per heavy atom. The standard InChI is InChI=1S/C19H30N2O.ClH/c20-14-7-2-1-6-12-19(22)21-15-8-11-18(13-16-21)17-9-4-3-5-10-17;/h3-5,9-10,18H,1-2,6-8,11-16,20H2;1H. The van der Waals surface area contributed by atoms with E-state index in [1.807, 2.05) is 0 Å². The van der Waals surface area contributed by atoms with Gasteiger partial charge in [0.05, 0.1) is 0 Å². The summed E-state index contributed by atoms with van der Waals surface area (Å²) in [6.07, 6.45) is 8.50. The number of rotatable bonds is 7. The van der Waals surface area contributed by atoms with E-state index in [-0.39, 0.29) is 12.4 Å². The Morgan fingerprint density at radius 1 is 1.04 bits per heavy atom. The molecule has 1 unspecified atom stereocenters. The maximum absolute atomic E-state index is 12.3. The Labute approximate surface area is 147 Å². The summed E-state index contributed by atoms with van der Waals surface area (Å²) < 4.78 is 0. The second-order valence-electron chi connectivity index (χ2n) is 6.37. The maximum Gasteiger partial charge on any atom is 0.222 e. The van der Waals surface area contributed by atoms with Gasteiger partial charge in [-0.3, -0.25) is 4.79 Å². The van der Waals surface area contributed by atoms with Crippen LogP contribution in [0.2, 0.25) is 0 Å². The van der Waals surface area contributed by atoms with Crippen LogP contribution in [0.4, 0.5) is 0 Å². The van der Waals surface area contributed by atoms with Gasteiger partial charge in [0, 0.05) is 19.5 Å². The number of halogens is 1. The zero-order chi connectivity index (χ0) is 15.6. The van der Waals surface area contributed by atoms with E-state index in [1.54, 1.807) is 0 Å². The number of likely N-dealkylation sites (tertiary alicyclic amines) is 1. The zero-order valence-corrected chi connectivity index (χ0v) is 14.9. The molecule has 0 saturated carbocycles. The van der Waals surface area contributed by atoms with E-state index in [0.717, 1.165) is 58.2 Å². The summed E-state index contributed by atoms with van der Waals surface area (Å²) in [6.45, 7) is 2.62. The molecule has 0 bridgehead atoms. The lowest BCUT2D eigenvalue weighted by molar-refractivity contribution is -0.131. The molecule has 2 N–H and O–H groups in total. The van der Waals surface area contributed by atoms with E-state index in [0.29, 0.717) is 18.2 Å². The van der Waals surface area contributed by atoms with Gasteiger partial charge in [-0.05, 0) is 50.1 Å². The third-order valence-electron chi connectivity index (χ3n) is 4.70. The molecule has 0 aliphatic carbocycles. The molecule has 1 fully saturated rings. The fourth-order valence-electron chi connectivity index (χ4n) is 3.34. The Hall–Kier alpha value is -1.06. The minimum Gasteiger partial charge on any atom is -0.343 e. The van der Waals surface area contributed by atoms with Crippen LogP contribution in [0.1, 0.15) is 62.8 Å². The summed E-state index contributed by atoms with van der Waals surface area (Å²) in [5, 5.41) is 0. The fourth-order valence-corrected chi connectivity index (χ4v) is 3.34. The number of nitrogens with zero attached hydrogens (tertiary/aromatic N) is 1. The highest BCUT2D eigenvalue weighted by atomic mass is 35.5. The molecular formula is C19H31ClN2O. The number of hydrogen-bond acceptors (Lipinski definition) is 2. The summed E-state index contributed by atoms with van der Waals surface area (Å²) >= 11 is 0. The first-order chi connectivity index (χ1) is 10.8. The van der Waals surface area contributed by atoms with Crippen LogP contribution in [-0.2, 0) is 4.79 Å². The van der Waals surface area contributed by atoms with Crippen LogP contribution in [0.25, 0.3) is 0 Å². The van der Waals surface area contributed by atoms with E-state index in [9.17, 15) is 4.79 Å². The Bertz CT molecular complexity index is 438. The van der Waals surface area contributed by atoms with Crippen LogP contribution < -0.4 is 5.73 Å². The van der Waals surface area contributed by atoms with Crippen molar-refractivity contribution >= 4 is 18.3 Å². The predicted molar refractivity (Wildman–Crippen MR) is 99.0 cm³/mol. The highest BCUT2D eigenvalue weighted by Crippen LogP contribution is 2.28. The molecule has 1 saturated heterocycles. The third-order valence-corrected chi connectivity index (χ3v) is 4.70. The van der Waals surface area contributed by atoms with Crippen molar-refractivity contribution in [2.75, 3.05) is 19.6 Å². The molecule has 23 heavy (non-hydrogen) atoms. The summed E-state index contributed by atoms with van der Waals surface area (Å²) in [5.74, 6) is 0.963. The van der Waals surface area contributed by atoms with Gasteiger partial charge in [-0.1, -0.05) is 43.2 Å². The molecule has 1 atom stereocenters. The molecule has 130 valence electrons. The Balaban J connectivity index is 0.00000264. The number of unbranched alkanes of at least 4 members (excludes halogenated alkanes) is 3. The molecule has 0 aromatic heterocycles. The van der Waals surface area contributed by atoms with E-state index in [4.69, 9.17) is 5.73 Å².